The highest BCUT2D eigenvalue weighted by Crippen LogP contribution is 2.30. The molecule has 1 fully saturated rings. The van der Waals surface area contributed by atoms with Gasteiger partial charge in [0.2, 0.25) is 0 Å². The molecule has 2 atom stereocenters. The maximum Gasteiger partial charge on any atom is 0.137 e. The fourth-order valence-electron chi connectivity index (χ4n) is 2.26. The monoisotopic (exact) mass is 206 g/mol. The van der Waals surface area contributed by atoms with Gasteiger partial charge in [0.15, 0.2) is 0 Å². The van der Waals surface area contributed by atoms with E-state index in [-0.39, 0.29) is 0 Å². The normalized spacial score (nSPS) is 26.3. The maximum atomic E-state index is 5.20. The van der Waals surface area contributed by atoms with Crippen molar-refractivity contribution in [2.24, 2.45) is 5.92 Å². The molecule has 0 radical (unpaired) electrons. The van der Waals surface area contributed by atoms with Crippen molar-refractivity contribution in [3.05, 3.63) is 24.0 Å². The fourth-order valence-corrected chi connectivity index (χ4v) is 2.26. The number of aromatic nitrogens is 1. The molecule has 3 nitrogen and oxygen atoms in total. The van der Waals surface area contributed by atoms with Crippen LogP contribution in [0.25, 0.3) is 0 Å². The summed E-state index contributed by atoms with van der Waals surface area (Å²) in [6.45, 7) is 4.49. The van der Waals surface area contributed by atoms with E-state index in [9.17, 15) is 0 Å². The van der Waals surface area contributed by atoms with E-state index >= 15 is 0 Å². The molecule has 0 bridgehead atoms. The van der Waals surface area contributed by atoms with E-state index in [1.54, 1.807) is 13.3 Å². The number of hydrogen-bond donors (Lipinski definition) is 1. The number of nitrogens with one attached hydrogen (secondary N) is 1. The van der Waals surface area contributed by atoms with Gasteiger partial charge in [0.1, 0.15) is 5.75 Å². The Bertz CT molecular complexity index is 327. The first-order chi connectivity index (χ1) is 7.31. The van der Waals surface area contributed by atoms with Gasteiger partial charge in [-0.25, -0.2) is 0 Å². The molecule has 3 heteroatoms. The van der Waals surface area contributed by atoms with E-state index < -0.39 is 0 Å². The highest BCUT2D eigenvalue weighted by Gasteiger charge is 2.22. The van der Waals surface area contributed by atoms with Gasteiger partial charge in [0.05, 0.1) is 13.3 Å². The van der Waals surface area contributed by atoms with Crippen LogP contribution in [0, 0.1) is 5.92 Å². The van der Waals surface area contributed by atoms with E-state index in [2.05, 4.69) is 23.3 Å². The minimum absolute atomic E-state index is 0.619. The zero-order valence-corrected chi connectivity index (χ0v) is 9.36. The van der Waals surface area contributed by atoms with Crippen LogP contribution in [0.2, 0.25) is 0 Å². The summed E-state index contributed by atoms with van der Waals surface area (Å²) in [4.78, 5) is 4.22. The Hall–Kier alpha value is -1.09. The average Bonchev–Trinajstić information content (AvgIpc) is 2.30. The molecule has 0 amide bonds. The van der Waals surface area contributed by atoms with Crippen LogP contribution in [0.1, 0.15) is 24.8 Å². The Labute approximate surface area is 90.9 Å². The maximum absolute atomic E-state index is 5.20. The summed E-state index contributed by atoms with van der Waals surface area (Å²) < 4.78 is 5.20. The zero-order valence-electron chi connectivity index (χ0n) is 9.36. The Morgan fingerprint density at radius 2 is 2.33 bits per heavy atom. The molecule has 2 heterocycles. The minimum atomic E-state index is 0.619. The summed E-state index contributed by atoms with van der Waals surface area (Å²) in [5.74, 6) is 2.15. The van der Waals surface area contributed by atoms with Crippen LogP contribution in [-0.2, 0) is 0 Å². The van der Waals surface area contributed by atoms with Crippen molar-refractivity contribution in [1.29, 1.82) is 0 Å². The van der Waals surface area contributed by atoms with Gasteiger partial charge in [-0.15, -0.1) is 0 Å². The fraction of sp³-hybridized carbons (Fsp3) is 0.583. The van der Waals surface area contributed by atoms with Gasteiger partial charge >= 0.3 is 0 Å². The quantitative estimate of drug-likeness (QED) is 0.801. The largest absolute Gasteiger partial charge is 0.495 e. The van der Waals surface area contributed by atoms with Crippen molar-refractivity contribution in [2.45, 2.75) is 19.3 Å². The lowest BCUT2D eigenvalue weighted by Crippen LogP contribution is -2.33. The highest BCUT2D eigenvalue weighted by atomic mass is 16.5. The topological polar surface area (TPSA) is 34.1 Å². The number of rotatable bonds is 2. The van der Waals surface area contributed by atoms with E-state index in [1.165, 1.54) is 12.0 Å². The molecule has 1 aromatic heterocycles. The third kappa shape index (κ3) is 2.29. The third-order valence-electron chi connectivity index (χ3n) is 3.18. The number of pyridine rings is 1. The smallest absolute Gasteiger partial charge is 0.137 e. The van der Waals surface area contributed by atoms with Crippen molar-refractivity contribution < 1.29 is 4.74 Å². The molecule has 2 unspecified atom stereocenters. The van der Waals surface area contributed by atoms with Crippen molar-refractivity contribution in [1.82, 2.24) is 10.3 Å². The zero-order chi connectivity index (χ0) is 10.7. The molecule has 1 aliphatic heterocycles. The van der Waals surface area contributed by atoms with Gasteiger partial charge in [-0.05, 0) is 43.0 Å². The number of ether oxygens (including phenoxy) is 1. The van der Waals surface area contributed by atoms with Crippen molar-refractivity contribution in [2.75, 3.05) is 20.2 Å². The molecule has 1 aromatic rings. The molecule has 0 spiro atoms. The molecule has 1 N–H and O–H groups in total. The van der Waals surface area contributed by atoms with Crippen LogP contribution in [0.3, 0.4) is 0 Å². The second-order valence-corrected chi connectivity index (χ2v) is 4.23. The molecule has 82 valence electrons. The standard InChI is InChI=1S/C12H18N2O/c1-9-6-13-4-3-12(9)10-5-11(15-2)8-14-7-10/h5,7-9,12-13H,3-4,6H2,1-2H3. The van der Waals surface area contributed by atoms with Crippen LogP contribution in [0.5, 0.6) is 5.75 Å². The summed E-state index contributed by atoms with van der Waals surface area (Å²) >= 11 is 0. The second-order valence-electron chi connectivity index (χ2n) is 4.23. The summed E-state index contributed by atoms with van der Waals surface area (Å²) in [5, 5.41) is 3.41. The van der Waals surface area contributed by atoms with E-state index in [1.807, 2.05) is 6.20 Å². The number of hydrogen-bond acceptors (Lipinski definition) is 3. The molecule has 0 aliphatic carbocycles. The minimum Gasteiger partial charge on any atom is -0.495 e. The van der Waals surface area contributed by atoms with Crippen LogP contribution in [0.4, 0.5) is 0 Å². The number of methoxy groups -OCH3 is 1. The van der Waals surface area contributed by atoms with Crippen LogP contribution < -0.4 is 10.1 Å². The summed E-state index contributed by atoms with van der Waals surface area (Å²) in [7, 11) is 1.69. The third-order valence-corrected chi connectivity index (χ3v) is 3.18. The van der Waals surface area contributed by atoms with Crippen molar-refractivity contribution in [3.8, 4) is 5.75 Å². The molecular weight excluding hydrogens is 188 g/mol. The Morgan fingerprint density at radius 1 is 1.47 bits per heavy atom. The van der Waals surface area contributed by atoms with E-state index in [0.717, 1.165) is 18.8 Å². The lowest BCUT2D eigenvalue weighted by Gasteiger charge is -2.29. The van der Waals surface area contributed by atoms with Crippen LogP contribution in [0.15, 0.2) is 18.5 Å². The molecule has 0 aromatic carbocycles. The van der Waals surface area contributed by atoms with E-state index in [4.69, 9.17) is 4.74 Å². The van der Waals surface area contributed by atoms with Crippen molar-refractivity contribution in [3.63, 3.8) is 0 Å². The predicted molar refractivity (Wildman–Crippen MR) is 60.2 cm³/mol. The first kappa shape index (κ1) is 10.4. The molecule has 1 saturated heterocycles. The number of piperidine rings is 1. The predicted octanol–water partition coefficient (Wildman–Crippen LogP) is 1.80. The Kier molecular flexibility index (Phi) is 3.21. The SMILES string of the molecule is COc1cncc(C2CCNCC2C)c1. The molecule has 0 saturated carbocycles. The summed E-state index contributed by atoms with van der Waals surface area (Å²) in [6.07, 6.45) is 4.92. The second kappa shape index (κ2) is 4.62. The van der Waals surface area contributed by atoms with Gasteiger partial charge in [0, 0.05) is 6.20 Å². The summed E-state index contributed by atoms with van der Waals surface area (Å²) in [6, 6.07) is 2.11. The van der Waals surface area contributed by atoms with Crippen LogP contribution in [-0.4, -0.2) is 25.2 Å². The van der Waals surface area contributed by atoms with Crippen molar-refractivity contribution >= 4 is 0 Å². The van der Waals surface area contributed by atoms with Gasteiger partial charge in [-0.3, -0.25) is 4.98 Å². The van der Waals surface area contributed by atoms with Gasteiger partial charge in [0.25, 0.3) is 0 Å². The molecule has 2 rings (SSSR count). The Balaban J connectivity index is 2.19. The Morgan fingerprint density at radius 3 is 3.07 bits per heavy atom. The number of nitrogens with zero attached hydrogens (tertiary/aromatic N) is 1. The van der Waals surface area contributed by atoms with Gasteiger partial charge in [-0.2, -0.15) is 0 Å². The van der Waals surface area contributed by atoms with Gasteiger partial charge < -0.3 is 10.1 Å². The van der Waals surface area contributed by atoms with Gasteiger partial charge in [-0.1, -0.05) is 6.92 Å². The first-order valence-electron chi connectivity index (χ1n) is 5.51. The van der Waals surface area contributed by atoms with E-state index in [0.29, 0.717) is 11.8 Å². The molecular formula is C12H18N2O. The summed E-state index contributed by atoms with van der Waals surface area (Å²) in [5.41, 5.74) is 1.31. The first-order valence-corrected chi connectivity index (χ1v) is 5.51. The molecule has 15 heavy (non-hydrogen) atoms. The van der Waals surface area contributed by atoms with Crippen LogP contribution >= 0.6 is 0 Å². The lowest BCUT2D eigenvalue weighted by molar-refractivity contribution is 0.347. The average molecular weight is 206 g/mol. The molecule has 1 aliphatic rings. The highest BCUT2D eigenvalue weighted by molar-refractivity contribution is 5.27. The lowest BCUT2D eigenvalue weighted by atomic mass is 9.83.